The average molecular weight is 427 g/mol. The molecule has 2 amide bonds. The SMILES string of the molecule is CCn1nccc1C(=O)N[C@@H](C)c1ccc(NC(=O)OCc2ccc(Cl)cc2)cc1. The van der Waals surface area contributed by atoms with Gasteiger partial charge in [0.25, 0.3) is 5.91 Å². The molecule has 1 aromatic heterocycles. The number of nitrogens with one attached hydrogen (secondary N) is 2. The lowest BCUT2D eigenvalue weighted by molar-refractivity contribution is 0.0929. The van der Waals surface area contributed by atoms with Crippen molar-refractivity contribution < 1.29 is 14.3 Å². The van der Waals surface area contributed by atoms with Crippen molar-refractivity contribution in [3.8, 4) is 0 Å². The maximum atomic E-state index is 12.4. The molecule has 0 aliphatic heterocycles. The molecule has 30 heavy (non-hydrogen) atoms. The molecule has 0 saturated heterocycles. The van der Waals surface area contributed by atoms with Crippen LogP contribution in [0.4, 0.5) is 10.5 Å². The number of benzene rings is 2. The Labute approximate surface area is 180 Å². The highest BCUT2D eigenvalue weighted by Gasteiger charge is 2.15. The van der Waals surface area contributed by atoms with Crippen molar-refractivity contribution in [2.24, 2.45) is 0 Å². The van der Waals surface area contributed by atoms with Crippen LogP contribution in [-0.4, -0.2) is 21.8 Å². The van der Waals surface area contributed by atoms with Crippen molar-refractivity contribution in [2.45, 2.75) is 33.0 Å². The standard InChI is InChI=1S/C22H23ClN4O3/c1-3-27-20(12-13-24-27)21(28)25-15(2)17-6-10-19(11-7-17)26-22(29)30-14-16-4-8-18(23)9-5-16/h4-13,15H,3,14H2,1-2H3,(H,25,28)(H,26,29)/t15-/m0/s1. The number of hydrogen-bond acceptors (Lipinski definition) is 4. The van der Waals surface area contributed by atoms with Crippen LogP contribution in [0.15, 0.2) is 60.8 Å². The van der Waals surface area contributed by atoms with Gasteiger partial charge in [0.1, 0.15) is 12.3 Å². The molecule has 3 rings (SSSR count). The summed E-state index contributed by atoms with van der Waals surface area (Å²) in [6.45, 7) is 4.60. The van der Waals surface area contributed by atoms with Crippen LogP contribution >= 0.6 is 11.6 Å². The quantitative estimate of drug-likeness (QED) is 0.568. The number of halogens is 1. The fraction of sp³-hybridized carbons (Fsp3) is 0.227. The number of carbonyl (C=O) groups is 2. The molecule has 1 heterocycles. The van der Waals surface area contributed by atoms with Crippen LogP contribution in [0, 0.1) is 0 Å². The van der Waals surface area contributed by atoms with E-state index in [0.717, 1.165) is 11.1 Å². The number of anilines is 1. The predicted octanol–water partition coefficient (Wildman–Crippen LogP) is 4.80. The summed E-state index contributed by atoms with van der Waals surface area (Å²) in [5.41, 5.74) is 2.87. The second kappa shape index (κ2) is 9.93. The van der Waals surface area contributed by atoms with E-state index in [1.807, 2.05) is 26.0 Å². The van der Waals surface area contributed by atoms with Crippen LogP contribution < -0.4 is 10.6 Å². The van der Waals surface area contributed by atoms with E-state index in [-0.39, 0.29) is 18.6 Å². The van der Waals surface area contributed by atoms with E-state index < -0.39 is 6.09 Å². The number of aromatic nitrogens is 2. The van der Waals surface area contributed by atoms with Crippen LogP contribution in [0.1, 0.15) is 41.5 Å². The molecule has 3 aromatic rings. The van der Waals surface area contributed by atoms with E-state index in [4.69, 9.17) is 16.3 Å². The summed E-state index contributed by atoms with van der Waals surface area (Å²) in [6.07, 6.45) is 1.06. The van der Waals surface area contributed by atoms with E-state index >= 15 is 0 Å². The first kappa shape index (κ1) is 21.4. The summed E-state index contributed by atoms with van der Waals surface area (Å²) in [7, 11) is 0. The first-order chi connectivity index (χ1) is 14.5. The van der Waals surface area contributed by atoms with Gasteiger partial charge in [-0.15, -0.1) is 0 Å². The van der Waals surface area contributed by atoms with Gasteiger partial charge in [-0.05, 0) is 55.3 Å². The largest absolute Gasteiger partial charge is 0.444 e. The molecular formula is C22H23ClN4O3. The molecule has 0 unspecified atom stereocenters. The Kier molecular flexibility index (Phi) is 7.08. The summed E-state index contributed by atoms with van der Waals surface area (Å²) in [6, 6.07) is 15.8. The highest BCUT2D eigenvalue weighted by molar-refractivity contribution is 6.30. The van der Waals surface area contributed by atoms with Crippen molar-refractivity contribution >= 4 is 29.3 Å². The highest BCUT2D eigenvalue weighted by atomic mass is 35.5. The number of amides is 2. The van der Waals surface area contributed by atoms with E-state index in [1.165, 1.54) is 0 Å². The third kappa shape index (κ3) is 5.61. The molecule has 2 N–H and O–H groups in total. The monoisotopic (exact) mass is 426 g/mol. The molecule has 0 aliphatic rings. The lowest BCUT2D eigenvalue weighted by atomic mass is 10.1. The van der Waals surface area contributed by atoms with Gasteiger partial charge in [0.05, 0.1) is 6.04 Å². The highest BCUT2D eigenvalue weighted by Crippen LogP contribution is 2.17. The number of carbonyl (C=O) groups excluding carboxylic acids is 2. The number of ether oxygens (including phenoxy) is 1. The maximum Gasteiger partial charge on any atom is 0.411 e. The van der Waals surface area contributed by atoms with Crippen LogP contribution in [-0.2, 0) is 17.9 Å². The van der Waals surface area contributed by atoms with Crippen molar-refractivity contribution in [3.05, 3.63) is 82.6 Å². The third-order valence-corrected chi connectivity index (χ3v) is 4.79. The first-order valence-corrected chi connectivity index (χ1v) is 9.95. The normalized spacial score (nSPS) is 11.6. The third-order valence-electron chi connectivity index (χ3n) is 4.54. The van der Waals surface area contributed by atoms with E-state index in [0.29, 0.717) is 22.9 Å². The van der Waals surface area contributed by atoms with Crippen LogP contribution in [0.5, 0.6) is 0 Å². The Bertz CT molecular complexity index is 1000. The molecule has 1 atom stereocenters. The molecule has 2 aromatic carbocycles. The zero-order chi connectivity index (χ0) is 21.5. The summed E-state index contributed by atoms with van der Waals surface area (Å²) in [4.78, 5) is 24.4. The molecule has 0 bridgehead atoms. The summed E-state index contributed by atoms with van der Waals surface area (Å²) in [5.74, 6) is -0.185. The predicted molar refractivity (Wildman–Crippen MR) is 115 cm³/mol. The maximum absolute atomic E-state index is 12.4. The molecular weight excluding hydrogens is 404 g/mol. The van der Waals surface area contributed by atoms with Crippen molar-refractivity contribution in [3.63, 3.8) is 0 Å². The number of hydrogen-bond donors (Lipinski definition) is 2. The van der Waals surface area contributed by atoms with Gasteiger partial charge in [-0.2, -0.15) is 5.10 Å². The van der Waals surface area contributed by atoms with Gasteiger partial charge in [0, 0.05) is 23.5 Å². The number of aryl methyl sites for hydroxylation is 1. The molecule has 0 spiro atoms. The van der Waals surface area contributed by atoms with Gasteiger partial charge >= 0.3 is 6.09 Å². The summed E-state index contributed by atoms with van der Waals surface area (Å²) < 4.78 is 6.85. The number of rotatable bonds is 7. The Morgan fingerprint density at radius 1 is 1.10 bits per heavy atom. The summed E-state index contributed by atoms with van der Waals surface area (Å²) >= 11 is 5.84. The van der Waals surface area contributed by atoms with Crippen molar-refractivity contribution in [2.75, 3.05) is 5.32 Å². The fourth-order valence-corrected chi connectivity index (χ4v) is 3.00. The lowest BCUT2D eigenvalue weighted by Crippen LogP contribution is -2.28. The van der Waals surface area contributed by atoms with Crippen molar-refractivity contribution in [1.29, 1.82) is 0 Å². The topological polar surface area (TPSA) is 85.3 Å². The van der Waals surface area contributed by atoms with Gasteiger partial charge in [-0.1, -0.05) is 35.9 Å². The van der Waals surface area contributed by atoms with E-state index in [9.17, 15) is 9.59 Å². The minimum absolute atomic E-state index is 0.151. The molecule has 7 nitrogen and oxygen atoms in total. The van der Waals surface area contributed by atoms with Gasteiger partial charge in [-0.3, -0.25) is 14.8 Å². The Morgan fingerprint density at radius 2 is 1.80 bits per heavy atom. The Balaban J connectivity index is 1.51. The zero-order valence-corrected chi connectivity index (χ0v) is 17.5. The minimum Gasteiger partial charge on any atom is -0.444 e. The second-order valence-electron chi connectivity index (χ2n) is 6.68. The number of nitrogens with zero attached hydrogens (tertiary/aromatic N) is 2. The Morgan fingerprint density at radius 3 is 2.47 bits per heavy atom. The van der Waals surface area contributed by atoms with E-state index in [1.54, 1.807) is 53.3 Å². The van der Waals surface area contributed by atoms with Gasteiger partial charge in [0.15, 0.2) is 0 Å². The molecule has 0 saturated carbocycles. The van der Waals surface area contributed by atoms with Crippen LogP contribution in [0.3, 0.4) is 0 Å². The smallest absolute Gasteiger partial charge is 0.411 e. The van der Waals surface area contributed by atoms with Gasteiger partial charge < -0.3 is 10.1 Å². The molecule has 0 radical (unpaired) electrons. The second-order valence-corrected chi connectivity index (χ2v) is 7.11. The van der Waals surface area contributed by atoms with Crippen LogP contribution in [0.2, 0.25) is 5.02 Å². The molecule has 8 heteroatoms. The first-order valence-electron chi connectivity index (χ1n) is 9.57. The van der Waals surface area contributed by atoms with Crippen LogP contribution in [0.25, 0.3) is 0 Å². The minimum atomic E-state index is -0.549. The van der Waals surface area contributed by atoms with Gasteiger partial charge in [-0.25, -0.2) is 4.79 Å². The van der Waals surface area contributed by atoms with Crippen molar-refractivity contribution in [1.82, 2.24) is 15.1 Å². The summed E-state index contributed by atoms with van der Waals surface area (Å²) in [5, 5.41) is 10.4. The Hall–Kier alpha value is -3.32. The zero-order valence-electron chi connectivity index (χ0n) is 16.8. The van der Waals surface area contributed by atoms with Gasteiger partial charge in [0.2, 0.25) is 0 Å². The average Bonchev–Trinajstić information content (AvgIpc) is 3.23. The molecule has 0 fully saturated rings. The fourth-order valence-electron chi connectivity index (χ4n) is 2.87. The van der Waals surface area contributed by atoms with E-state index in [2.05, 4.69) is 15.7 Å². The molecule has 156 valence electrons. The lowest BCUT2D eigenvalue weighted by Gasteiger charge is -2.15. The molecule has 0 aliphatic carbocycles.